The summed E-state index contributed by atoms with van der Waals surface area (Å²) in [7, 11) is 2.39. The zero-order chi connectivity index (χ0) is 18.3. The molecular formula is C16H15F3O5. The first-order valence-electron chi connectivity index (χ1n) is 6.85. The van der Waals surface area contributed by atoms with Crippen LogP contribution in [0.1, 0.15) is 30.0 Å². The van der Waals surface area contributed by atoms with Crippen LogP contribution in [0.4, 0.5) is 13.2 Å². The summed E-state index contributed by atoms with van der Waals surface area (Å²) in [6.45, 7) is 2.67. The second-order valence-electron chi connectivity index (χ2n) is 5.61. The van der Waals surface area contributed by atoms with Gasteiger partial charge >= 0.3 is 12.1 Å². The van der Waals surface area contributed by atoms with Crippen molar-refractivity contribution >= 4 is 22.7 Å². The van der Waals surface area contributed by atoms with E-state index in [1.165, 1.54) is 33.1 Å². The number of carbonyl (C=O) groups is 2. The normalized spacial score (nSPS) is 12.3. The number of carbonyl (C=O) groups excluding carboxylic acids is 2. The van der Waals surface area contributed by atoms with E-state index in [1.54, 1.807) is 0 Å². The zero-order valence-corrected chi connectivity index (χ0v) is 13.4. The molecule has 2 rings (SSSR count). The number of methoxy groups -OCH3 is 2. The van der Waals surface area contributed by atoms with Crippen LogP contribution in [-0.2, 0) is 15.7 Å². The van der Waals surface area contributed by atoms with Crippen molar-refractivity contribution in [2.45, 2.75) is 20.0 Å². The Kier molecular flexibility index (Phi) is 4.34. The van der Waals surface area contributed by atoms with Gasteiger partial charge in [0.15, 0.2) is 17.1 Å². The van der Waals surface area contributed by atoms with Crippen molar-refractivity contribution in [1.29, 1.82) is 0 Å². The average Bonchev–Trinajstić information content (AvgIpc) is 2.97. The maximum atomic E-state index is 12.9. The molecule has 0 bridgehead atoms. The van der Waals surface area contributed by atoms with Crippen LogP contribution in [0, 0.1) is 5.41 Å². The van der Waals surface area contributed by atoms with Crippen molar-refractivity contribution < 1.29 is 36.7 Å². The number of esters is 1. The molecule has 0 saturated carbocycles. The van der Waals surface area contributed by atoms with E-state index in [9.17, 15) is 22.8 Å². The van der Waals surface area contributed by atoms with Crippen molar-refractivity contribution in [3.05, 3.63) is 29.5 Å². The summed E-state index contributed by atoms with van der Waals surface area (Å²) >= 11 is 0. The summed E-state index contributed by atoms with van der Waals surface area (Å²) in [4.78, 5) is 24.5. The molecule has 0 saturated heterocycles. The van der Waals surface area contributed by atoms with Gasteiger partial charge in [0.25, 0.3) is 0 Å². The lowest BCUT2D eigenvalue weighted by atomic mass is 9.83. The quantitative estimate of drug-likeness (QED) is 0.479. The lowest BCUT2D eigenvalue weighted by Gasteiger charge is -2.20. The fraction of sp³-hybridized carbons (Fsp3) is 0.375. The molecule has 0 spiro atoms. The first-order chi connectivity index (χ1) is 11.0. The molecule has 0 aliphatic heterocycles. The summed E-state index contributed by atoms with van der Waals surface area (Å²) < 4.78 is 53.1. The van der Waals surface area contributed by atoms with Crippen LogP contribution in [0.5, 0.6) is 5.75 Å². The number of rotatable bonds is 4. The van der Waals surface area contributed by atoms with Gasteiger partial charge in [-0.2, -0.15) is 13.2 Å². The summed E-state index contributed by atoms with van der Waals surface area (Å²) in [6, 6.07) is 3.33. The lowest BCUT2D eigenvalue weighted by molar-refractivity contribution is -0.152. The van der Waals surface area contributed by atoms with Gasteiger partial charge in [0, 0.05) is 10.9 Å². The first-order valence-corrected chi connectivity index (χ1v) is 6.85. The Morgan fingerprint density at radius 2 is 1.75 bits per heavy atom. The van der Waals surface area contributed by atoms with Crippen LogP contribution in [0.25, 0.3) is 11.0 Å². The molecule has 1 aromatic carbocycles. The Bertz CT molecular complexity index is 802. The number of fused-ring (bicyclic) bond motifs is 1. The van der Waals surface area contributed by atoms with E-state index in [-0.39, 0.29) is 22.3 Å². The van der Waals surface area contributed by atoms with E-state index >= 15 is 0 Å². The number of furan rings is 1. The topological polar surface area (TPSA) is 65.7 Å². The van der Waals surface area contributed by atoms with Crippen LogP contribution in [0.3, 0.4) is 0 Å². The standard InChI is InChI=1S/C16H15F3O5/c1-15(2,14(21)23-4)13(20)8-5-6-10(22-3)12-9(8)7-11(24-12)16(17,18)19/h5-7H,1-4H3. The minimum Gasteiger partial charge on any atom is -0.493 e. The number of halogens is 3. The SMILES string of the molecule is COC(=O)C(C)(C)C(=O)c1ccc(OC)c2oc(C(F)(F)F)cc12. The molecule has 24 heavy (non-hydrogen) atoms. The smallest absolute Gasteiger partial charge is 0.449 e. The molecule has 5 nitrogen and oxygen atoms in total. The van der Waals surface area contributed by atoms with Crippen LogP contribution >= 0.6 is 0 Å². The number of hydrogen-bond acceptors (Lipinski definition) is 5. The summed E-state index contributed by atoms with van der Waals surface area (Å²) in [5, 5.41) is -0.0800. The highest BCUT2D eigenvalue weighted by Gasteiger charge is 2.40. The molecule has 2 aromatic rings. The van der Waals surface area contributed by atoms with Gasteiger partial charge in [-0.3, -0.25) is 9.59 Å². The number of ether oxygens (including phenoxy) is 2. The van der Waals surface area contributed by atoms with Crippen molar-refractivity contribution in [2.75, 3.05) is 14.2 Å². The van der Waals surface area contributed by atoms with Crippen molar-refractivity contribution in [3.63, 3.8) is 0 Å². The van der Waals surface area contributed by atoms with E-state index in [1.807, 2.05) is 0 Å². The molecule has 0 fully saturated rings. The molecule has 0 atom stereocenters. The third-order valence-corrected chi connectivity index (χ3v) is 3.65. The Hall–Kier alpha value is -2.51. The van der Waals surface area contributed by atoms with E-state index < -0.39 is 29.1 Å². The van der Waals surface area contributed by atoms with Gasteiger partial charge in [-0.05, 0) is 32.0 Å². The van der Waals surface area contributed by atoms with Crippen molar-refractivity contribution in [2.24, 2.45) is 5.41 Å². The average molecular weight is 344 g/mol. The van der Waals surface area contributed by atoms with Gasteiger partial charge in [0.2, 0.25) is 5.76 Å². The number of benzene rings is 1. The van der Waals surface area contributed by atoms with E-state index in [2.05, 4.69) is 4.74 Å². The first kappa shape index (κ1) is 17.8. The molecule has 0 radical (unpaired) electrons. The Morgan fingerprint density at radius 3 is 2.25 bits per heavy atom. The molecule has 0 amide bonds. The molecule has 1 aromatic heterocycles. The minimum atomic E-state index is -4.72. The number of hydrogen-bond donors (Lipinski definition) is 0. The van der Waals surface area contributed by atoms with Gasteiger partial charge < -0.3 is 13.9 Å². The highest BCUT2D eigenvalue weighted by Crippen LogP contribution is 2.40. The highest BCUT2D eigenvalue weighted by atomic mass is 19.4. The van der Waals surface area contributed by atoms with E-state index in [0.29, 0.717) is 0 Å². The molecule has 0 N–H and O–H groups in total. The fourth-order valence-electron chi connectivity index (χ4n) is 2.28. The van der Waals surface area contributed by atoms with Gasteiger partial charge in [-0.25, -0.2) is 0 Å². The Morgan fingerprint density at radius 1 is 1.12 bits per heavy atom. The number of Topliss-reactive ketones (excluding diaryl/α,β-unsaturated/α-hetero) is 1. The number of ketones is 1. The summed E-state index contributed by atoms with van der Waals surface area (Å²) in [5.41, 5.74) is -1.86. The van der Waals surface area contributed by atoms with Gasteiger partial charge in [0.05, 0.1) is 14.2 Å². The largest absolute Gasteiger partial charge is 0.493 e. The third kappa shape index (κ3) is 2.83. The monoisotopic (exact) mass is 344 g/mol. The zero-order valence-electron chi connectivity index (χ0n) is 13.4. The molecule has 1 heterocycles. The molecular weight excluding hydrogens is 329 g/mol. The number of alkyl halides is 3. The van der Waals surface area contributed by atoms with Crippen LogP contribution in [-0.4, -0.2) is 26.0 Å². The van der Waals surface area contributed by atoms with Crippen LogP contribution < -0.4 is 4.74 Å². The van der Waals surface area contributed by atoms with Crippen molar-refractivity contribution in [1.82, 2.24) is 0 Å². The Balaban J connectivity index is 2.70. The Labute approximate surface area is 135 Å². The second-order valence-corrected chi connectivity index (χ2v) is 5.61. The second kappa shape index (κ2) is 5.85. The van der Waals surface area contributed by atoms with Crippen LogP contribution in [0.15, 0.2) is 22.6 Å². The third-order valence-electron chi connectivity index (χ3n) is 3.65. The fourth-order valence-corrected chi connectivity index (χ4v) is 2.28. The molecule has 8 heteroatoms. The summed E-state index contributed by atoms with van der Waals surface area (Å²) in [5.74, 6) is -2.69. The van der Waals surface area contributed by atoms with Crippen LogP contribution in [0.2, 0.25) is 0 Å². The molecule has 130 valence electrons. The minimum absolute atomic E-state index is 0.0490. The molecule has 0 aliphatic carbocycles. The maximum absolute atomic E-state index is 12.9. The van der Waals surface area contributed by atoms with Crippen molar-refractivity contribution in [3.8, 4) is 5.75 Å². The highest BCUT2D eigenvalue weighted by molar-refractivity contribution is 6.17. The lowest BCUT2D eigenvalue weighted by Crippen LogP contribution is -2.34. The predicted molar refractivity (Wildman–Crippen MR) is 77.9 cm³/mol. The van der Waals surface area contributed by atoms with Gasteiger partial charge in [0.1, 0.15) is 5.41 Å². The summed E-state index contributed by atoms with van der Waals surface area (Å²) in [6.07, 6.45) is -4.72. The van der Waals surface area contributed by atoms with E-state index in [4.69, 9.17) is 9.15 Å². The molecule has 0 aliphatic rings. The molecule has 0 unspecified atom stereocenters. The predicted octanol–water partition coefficient (Wildman–Crippen LogP) is 3.84. The maximum Gasteiger partial charge on any atom is 0.449 e. The van der Waals surface area contributed by atoms with E-state index in [0.717, 1.165) is 13.2 Å². The van der Waals surface area contributed by atoms with Gasteiger partial charge in [-0.15, -0.1) is 0 Å². The van der Waals surface area contributed by atoms with Gasteiger partial charge in [-0.1, -0.05) is 0 Å².